The molecule has 0 aliphatic carbocycles. The van der Waals surface area contributed by atoms with Crippen LogP contribution in [0.1, 0.15) is 33.3 Å². The predicted molar refractivity (Wildman–Crippen MR) is 132 cm³/mol. The molecule has 1 atom stereocenters. The maximum absolute atomic E-state index is 13.4. The van der Waals surface area contributed by atoms with Gasteiger partial charge in [-0.15, -0.1) is 0 Å². The minimum Gasteiger partial charge on any atom is -0.350 e. The molecule has 9 heteroatoms. The second-order valence-corrected chi connectivity index (χ2v) is 10.4. The van der Waals surface area contributed by atoms with Crippen molar-refractivity contribution in [2.45, 2.75) is 38.8 Å². The van der Waals surface area contributed by atoms with Gasteiger partial charge in [0.05, 0.1) is 6.54 Å². The van der Waals surface area contributed by atoms with Crippen LogP contribution in [0.2, 0.25) is 0 Å². The Bertz CT molecular complexity index is 1160. The molecular weight excluding hydrogens is 446 g/mol. The lowest BCUT2D eigenvalue weighted by atomic mass is 9.88. The van der Waals surface area contributed by atoms with Gasteiger partial charge < -0.3 is 15.5 Å². The van der Waals surface area contributed by atoms with E-state index in [1.165, 1.54) is 0 Å². The number of nitrogens with zero attached hydrogens (tertiary/aromatic N) is 3. The predicted octanol–water partition coefficient (Wildman–Crippen LogP) is 1.67. The van der Waals surface area contributed by atoms with E-state index in [4.69, 9.17) is 0 Å². The number of carbonyl (C=O) groups excluding carboxylic acids is 4. The van der Waals surface area contributed by atoms with E-state index in [-0.39, 0.29) is 30.4 Å². The van der Waals surface area contributed by atoms with E-state index in [2.05, 4.69) is 10.6 Å². The molecule has 2 N–H and O–H groups in total. The van der Waals surface area contributed by atoms with Crippen LogP contribution in [0.4, 0.5) is 4.79 Å². The van der Waals surface area contributed by atoms with Crippen molar-refractivity contribution in [3.63, 3.8) is 0 Å². The zero-order valence-corrected chi connectivity index (χ0v) is 20.8. The standard InChI is InChI=1S/C26H33N5O4/c1-25(2,3)27-21(32)16-29-12-14-30(15-13-29)22(33)17-31-23(34)26(4,28-24(31)35)20-11-7-9-18-8-5-6-10-19(18)20/h5-11H,12-17H2,1-4H3,(H,27,32)(H,28,35)/t26-/m0/s1. The number of hydrogen-bond acceptors (Lipinski definition) is 5. The van der Waals surface area contributed by atoms with Gasteiger partial charge in [-0.1, -0.05) is 42.5 Å². The zero-order chi connectivity index (χ0) is 25.4. The van der Waals surface area contributed by atoms with Gasteiger partial charge in [0.1, 0.15) is 12.1 Å². The molecule has 2 heterocycles. The fourth-order valence-corrected chi connectivity index (χ4v) is 4.74. The fraction of sp³-hybridized carbons (Fsp3) is 0.462. The van der Waals surface area contributed by atoms with E-state index in [1.54, 1.807) is 11.8 Å². The third-order valence-corrected chi connectivity index (χ3v) is 6.50. The molecule has 0 bridgehead atoms. The summed E-state index contributed by atoms with van der Waals surface area (Å²) in [7, 11) is 0. The molecule has 0 aromatic heterocycles. The molecule has 35 heavy (non-hydrogen) atoms. The number of benzene rings is 2. The van der Waals surface area contributed by atoms with Crippen molar-refractivity contribution in [2.75, 3.05) is 39.3 Å². The number of nitrogens with one attached hydrogen (secondary N) is 2. The molecule has 2 aliphatic rings. The molecule has 2 aliphatic heterocycles. The molecule has 4 rings (SSSR count). The molecular formula is C26H33N5O4. The quantitative estimate of drug-likeness (QED) is 0.636. The number of hydrogen-bond donors (Lipinski definition) is 2. The lowest BCUT2D eigenvalue weighted by Gasteiger charge is -2.35. The van der Waals surface area contributed by atoms with E-state index >= 15 is 0 Å². The monoisotopic (exact) mass is 479 g/mol. The van der Waals surface area contributed by atoms with Gasteiger partial charge in [-0.3, -0.25) is 24.2 Å². The number of urea groups is 1. The number of amides is 5. The Morgan fingerprint density at radius 3 is 2.31 bits per heavy atom. The van der Waals surface area contributed by atoms with Gasteiger partial charge in [0.2, 0.25) is 11.8 Å². The van der Waals surface area contributed by atoms with E-state index in [9.17, 15) is 19.2 Å². The first kappa shape index (κ1) is 24.7. The van der Waals surface area contributed by atoms with Crippen LogP contribution in [0, 0.1) is 0 Å². The summed E-state index contributed by atoms with van der Waals surface area (Å²) in [6.45, 7) is 9.42. The molecule has 0 spiro atoms. The van der Waals surface area contributed by atoms with Gasteiger partial charge in [-0.25, -0.2) is 4.79 Å². The lowest BCUT2D eigenvalue weighted by molar-refractivity contribution is -0.140. The molecule has 0 unspecified atom stereocenters. The van der Waals surface area contributed by atoms with Gasteiger partial charge in [0.25, 0.3) is 5.91 Å². The fourth-order valence-electron chi connectivity index (χ4n) is 4.74. The van der Waals surface area contributed by atoms with Gasteiger partial charge in [-0.2, -0.15) is 0 Å². The Kier molecular flexibility index (Phi) is 6.55. The lowest BCUT2D eigenvalue weighted by Crippen LogP contribution is -2.54. The minimum absolute atomic E-state index is 0.0515. The number of imide groups is 1. The topological polar surface area (TPSA) is 102 Å². The average molecular weight is 480 g/mol. The van der Waals surface area contributed by atoms with Crippen LogP contribution in [0.25, 0.3) is 10.8 Å². The SMILES string of the molecule is CC(C)(C)NC(=O)CN1CCN(C(=O)CN2C(=O)N[C@@](C)(c3cccc4ccccc34)C2=O)CC1. The van der Waals surface area contributed by atoms with Crippen molar-refractivity contribution in [1.29, 1.82) is 0 Å². The molecule has 2 aromatic rings. The third kappa shape index (κ3) is 5.14. The first-order valence-corrected chi connectivity index (χ1v) is 11.9. The maximum Gasteiger partial charge on any atom is 0.325 e. The van der Waals surface area contributed by atoms with Gasteiger partial charge in [0.15, 0.2) is 0 Å². The summed E-state index contributed by atoms with van der Waals surface area (Å²) in [6, 6.07) is 12.8. The average Bonchev–Trinajstić information content (AvgIpc) is 3.01. The summed E-state index contributed by atoms with van der Waals surface area (Å²) < 4.78 is 0. The summed E-state index contributed by atoms with van der Waals surface area (Å²) in [6.07, 6.45) is 0. The molecule has 2 fully saturated rings. The number of rotatable bonds is 5. The highest BCUT2D eigenvalue weighted by Gasteiger charge is 2.50. The molecule has 5 amide bonds. The highest BCUT2D eigenvalue weighted by Crippen LogP contribution is 2.33. The van der Waals surface area contributed by atoms with Crippen LogP contribution in [0.15, 0.2) is 42.5 Å². The Labute approximate surface area is 205 Å². The molecule has 186 valence electrons. The number of piperazine rings is 1. The van der Waals surface area contributed by atoms with Crippen LogP contribution < -0.4 is 10.6 Å². The van der Waals surface area contributed by atoms with E-state index in [0.29, 0.717) is 31.7 Å². The molecule has 2 aromatic carbocycles. The molecule has 0 radical (unpaired) electrons. The van der Waals surface area contributed by atoms with Crippen molar-refractivity contribution in [2.24, 2.45) is 0 Å². The van der Waals surface area contributed by atoms with Crippen LogP contribution in [-0.2, 0) is 19.9 Å². The summed E-state index contributed by atoms with van der Waals surface area (Å²) in [5.74, 6) is -0.775. The van der Waals surface area contributed by atoms with E-state index < -0.39 is 17.5 Å². The summed E-state index contributed by atoms with van der Waals surface area (Å²) in [5, 5.41) is 7.60. The number of fused-ring (bicyclic) bond motifs is 1. The highest BCUT2D eigenvalue weighted by molar-refractivity contribution is 6.10. The van der Waals surface area contributed by atoms with Crippen molar-refractivity contribution in [3.8, 4) is 0 Å². The van der Waals surface area contributed by atoms with Crippen molar-refractivity contribution >= 4 is 34.5 Å². The van der Waals surface area contributed by atoms with E-state index in [1.807, 2.05) is 68.1 Å². The second-order valence-electron chi connectivity index (χ2n) is 10.4. The van der Waals surface area contributed by atoms with Gasteiger partial charge in [0, 0.05) is 31.7 Å². The third-order valence-electron chi connectivity index (χ3n) is 6.50. The molecule has 2 saturated heterocycles. The van der Waals surface area contributed by atoms with Gasteiger partial charge >= 0.3 is 6.03 Å². The maximum atomic E-state index is 13.4. The molecule has 9 nitrogen and oxygen atoms in total. The number of carbonyl (C=O) groups is 4. The summed E-state index contributed by atoms with van der Waals surface area (Å²) in [4.78, 5) is 56.0. The Morgan fingerprint density at radius 2 is 1.63 bits per heavy atom. The smallest absolute Gasteiger partial charge is 0.325 e. The van der Waals surface area contributed by atoms with Crippen molar-refractivity contribution in [3.05, 3.63) is 48.0 Å². The zero-order valence-electron chi connectivity index (χ0n) is 20.8. The largest absolute Gasteiger partial charge is 0.350 e. The van der Waals surface area contributed by atoms with E-state index in [0.717, 1.165) is 15.7 Å². The Balaban J connectivity index is 1.39. The Hall–Kier alpha value is -3.46. The van der Waals surface area contributed by atoms with Crippen LogP contribution in [-0.4, -0.2) is 83.3 Å². The highest BCUT2D eigenvalue weighted by atomic mass is 16.2. The normalized spacial score (nSPS) is 21.4. The van der Waals surface area contributed by atoms with Crippen LogP contribution in [0.5, 0.6) is 0 Å². The van der Waals surface area contributed by atoms with Crippen LogP contribution >= 0.6 is 0 Å². The van der Waals surface area contributed by atoms with Crippen LogP contribution in [0.3, 0.4) is 0 Å². The minimum atomic E-state index is -1.25. The second kappa shape index (κ2) is 9.30. The summed E-state index contributed by atoms with van der Waals surface area (Å²) >= 11 is 0. The first-order valence-electron chi connectivity index (χ1n) is 11.9. The van der Waals surface area contributed by atoms with Gasteiger partial charge in [-0.05, 0) is 44.0 Å². The first-order chi connectivity index (χ1) is 16.5. The molecule has 0 saturated carbocycles. The van der Waals surface area contributed by atoms with Crippen molar-refractivity contribution < 1.29 is 19.2 Å². The Morgan fingerprint density at radius 1 is 0.971 bits per heavy atom. The van der Waals surface area contributed by atoms with Crippen molar-refractivity contribution in [1.82, 2.24) is 25.3 Å². The summed E-state index contributed by atoms with van der Waals surface area (Å²) in [5.41, 5.74) is -0.846.